The molecule has 0 unspecified atom stereocenters. The van der Waals surface area contributed by atoms with Crippen LogP contribution in [0.25, 0.3) is 0 Å². The third-order valence-electron chi connectivity index (χ3n) is 5.93. The molecule has 2 aliphatic carbocycles. The van der Waals surface area contributed by atoms with Gasteiger partial charge in [0.25, 0.3) is 0 Å². The van der Waals surface area contributed by atoms with Gasteiger partial charge in [-0.3, -0.25) is 4.79 Å². The van der Waals surface area contributed by atoms with Gasteiger partial charge in [-0.05, 0) is 61.8 Å². The van der Waals surface area contributed by atoms with Crippen LogP contribution < -0.4 is 0 Å². The molecule has 4 rings (SSSR count). The summed E-state index contributed by atoms with van der Waals surface area (Å²) in [6.07, 6.45) is 6.98. The van der Waals surface area contributed by atoms with Gasteiger partial charge < -0.3 is 4.90 Å². The van der Waals surface area contributed by atoms with E-state index in [1.165, 1.54) is 11.1 Å². The summed E-state index contributed by atoms with van der Waals surface area (Å²) < 4.78 is 27.6. The second-order valence-corrected chi connectivity index (χ2v) is 9.43. The van der Waals surface area contributed by atoms with Crippen molar-refractivity contribution in [2.45, 2.75) is 49.8 Å². The van der Waals surface area contributed by atoms with E-state index in [4.69, 9.17) is 0 Å². The van der Waals surface area contributed by atoms with Crippen LogP contribution in [0.1, 0.15) is 43.2 Å². The van der Waals surface area contributed by atoms with E-state index < -0.39 is 10.0 Å². The van der Waals surface area contributed by atoms with E-state index >= 15 is 0 Å². The standard InChI is InChI=1S/C19H26N2O3S/c22-19(16-5-2-6-16)20-10-3-11-21(13-12-20)25(23,24)18-9-8-15-4-1-7-17(15)14-18/h8-9,14,16H,1-7,10-13H2. The van der Waals surface area contributed by atoms with Gasteiger partial charge in [0, 0.05) is 32.1 Å². The molecule has 0 N–H and O–H groups in total. The zero-order chi connectivity index (χ0) is 17.4. The molecule has 0 aromatic heterocycles. The Labute approximate surface area is 150 Å². The van der Waals surface area contributed by atoms with Crippen molar-refractivity contribution >= 4 is 15.9 Å². The molecule has 1 heterocycles. The van der Waals surface area contributed by atoms with Gasteiger partial charge in [0.2, 0.25) is 15.9 Å². The summed E-state index contributed by atoms with van der Waals surface area (Å²) in [5.41, 5.74) is 2.46. The quantitative estimate of drug-likeness (QED) is 0.828. The van der Waals surface area contributed by atoms with Crippen LogP contribution >= 0.6 is 0 Å². The van der Waals surface area contributed by atoms with E-state index in [0.29, 0.717) is 37.5 Å². The monoisotopic (exact) mass is 362 g/mol. The van der Waals surface area contributed by atoms with E-state index in [1.54, 1.807) is 10.4 Å². The highest BCUT2D eigenvalue weighted by Gasteiger charge is 2.33. The number of benzene rings is 1. The van der Waals surface area contributed by atoms with Gasteiger partial charge in [-0.2, -0.15) is 4.31 Å². The van der Waals surface area contributed by atoms with Crippen LogP contribution in [0.3, 0.4) is 0 Å². The van der Waals surface area contributed by atoms with E-state index in [9.17, 15) is 13.2 Å². The Morgan fingerprint density at radius 1 is 0.920 bits per heavy atom. The summed E-state index contributed by atoms with van der Waals surface area (Å²) in [7, 11) is -3.47. The lowest BCUT2D eigenvalue weighted by Gasteiger charge is -2.31. The molecule has 0 radical (unpaired) electrons. The lowest BCUT2D eigenvalue weighted by molar-refractivity contribution is -0.138. The van der Waals surface area contributed by atoms with Gasteiger partial charge in [0.1, 0.15) is 0 Å². The zero-order valence-corrected chi connectivity index (χ0v) is 15.4. The second-order valence-electron chi connectivity index (χ2n) is 7.49. The van der Waals surface area contributed by atoms with Gasteiger partial charge in [-0.15, -0.1) is 0 Å². The van der Waals surface area contributed by atoms with Crippen molar-refractivity contribution in [3.8, 4) is 0 Å². The maximum Gasteiger partial charge on any atom is 0.243 e. The van der Waals surface area contributed by atoms with Crippen molar-refractivity contribution in [3.05, 3.63) is 29.3 Å². The molecule has 0 spiro atoms. The third-order valence-corrected chi connectivity index (χ3v) is 7.82. The minimum Gasteiger partial charge on any atom is -0.341 e. The molecule has 1 aliphatic heterocycles. The summed E-state index contributed by atoms with van der Waals surface area (Å²) in [6.45, 7) is 2.08. The van der Waals surface area contributed by atoms with E-state index in [2.05, 4.69) is 0 Å². The fraction of sp³-hybridized carbons (Fsp3) is 0.632. The third kappa shape index (κ3) is 3.22. The molecular weight excluding hydrogens is 336 g/mol. The van der Waals surface area contributed by atoms with Crippen LogP contribution in [0.5, 0.6) is 0 Å². The molecule has 1 aromatic rings. The Kier molecular flexibility index (Phi) is 4.58. The Morgan fingerprint density at radius 2 is 1.72 bits per heavy atom. The summed E-state index contributed by atoms with van der Waals surface area (Å²) in [5, 5.41) is 0. The summed E-state index contributed by atoms with van der Waals surface area (Å²) in [5.74, 6) is 0.405. The Bertz CT molecular complexity index is 771. The average molecular weight is 362 g/mol. The van der Waals surface area contributed by atoms with E-state index in [0.717, 1.165) is 38.5 Å². The first-order chi connectivity index (χ1) is 12.1. The maximum atomic E-state index is 13.0. The number of rotatable bonds is 3. The van der Waals surface area contributed by atoms with Gasteiger partial charge in [0.15, 0.2) is 0 Å². The molecule has 136 valence electrons. The van der Waals surface area contributed by atoms with Crippen LogP contribution in [-0.2, 0) is 27.7 Å². The van der Waals surface area contributed by atoms with Gasteiger partial charge in [-0.1, -0.05) is 12.5 Å². The number of aryl methyl sites for hydroxylation is 2. The molecule has 1 aromatic carbocycles. The number of carbonyl (C=O) groups excluding carboxylic acids is 1. The van der Waals surface area contributed by atoms with Crippen LogP contribution in [0.2, 0.25) is 0 Å². The predicted molar refractivity (Wildman–Crippen MR) is 95.8 cm³/mol. The molecule has 0 atom stereocenters. The molecular formula is C19H26N2O3S. The molecule has 1 amide bonds. The molecule has 5 nitrogen and oxygen atoms in total. The van der Waals surface area contributed by atoms with Crippen LogP contribution in [0, 0.1) is 5.92 Å². The normalized spacial score (nSPS) is 22.3. The Hall–Kier alpha value is -1.40. The minimum atomic E-state index is -3.47. The van der Waals surface area contributed by atoms with Crippen LogP contribution in [0.4, 0.5) is 0 Å². The highest BCUT2D eigenvalue weighted by atomic mass is 32.2. The van der Waals surface area contributed by atoms with Crippen molar-refractivity contribution in [1.82, 2.24) is 9.21 Å². The molecule has 0 bridgehead atoms. The van der Waals surface area contributed by atoms with Gasteiger partial charge >= 0.3 is 0 Å². The van der Waals surface area contributed by atoms with Crippen molar-refractivity contribution in [1.29, 1.82) is 0 Å². The summed E-state index contributed by atoms with van der Waals surface area (Å²) in [4.78, 5) is 14.7. The zero-order valence-electron chi connectivity index (χ0n) is 14.6. The Balaban J connectivity index is 1.48. The SMILES string of the molecule is O=C(C1CCC1)N1CCCN(S(=O)(=O)c2ccc3c(c2)CCC3)CC1. The molecule has 3 aliphatic rings. The number of amides is 1. The number of hydrogen-bond donors (Lipinski definition) is 0. The molecule has 1 saturated heterocycles. The summed E-state index contributed by atoms with van der Waals surface area (Å²) in [6, 6.07) is 5.58. The van der Waals surface area contributed by atoms with Crippen molar-refractivity contribution in [2.24, 2.45) is 5.92 Å². The smallest absolute Gasteiger partial charge is 0.243 e. The maximum absolute atomic E-state index is 13.0. The molecule has 25 heavy (non-hydrogen) atoms. The first-order valence-electron chi connectivity index (χ1n) is 9.46. The Morgan fingerprint density at radius 3 is 2.48 bits per heavy atom. The van der Waals surface area contributed by atoms with Gasteiger partial charge in [0.05, 0.1) is 4.90 Å². The lowest BCUT2D eigenvalue weighted by atomic mass is 9.84. The predicted octanol–water partition coefficient (Wildman–Crippen LogP) is 2.20. The number of fused-ring (bicyclic) bond motifs is 1. The van der Waals surface area contributed by atoms with Crippen LogP contribution in [0.15, 0.2) is 23.1 Å². The van der Waals surface area contributed by atoms with Crippen molar-refractivity contribution in [2.75, 3.05) is 26.2 Å². The fourth-order valence-corrected chi connectivity index (χ4v) is 5.65. The van der Waals surface area contributed by atoms with Crippen molar-refractivity contribution < 1.29 is 13.2 Å². The topological polar surface area (TPSA) is 57.7 Å². The molecule has 6 heteroatoms. The van der Waals surface area contributed by atoms with E-state index in [-0.39, 0.29) is 11.8 Å². The van der Waals surface area contributed by atoms with E-state index in [1.807, 2.05) is 17.0 Å². The van der Waals surface area contributed by atoms with Crippen molar-refractivity contribution in [3.63, 3.8) is 0 Å². The number of nitrogens with zero attached hydrogens (tertiary/aromatic N) is 2. The summed E-state index contributed by atoms with van der Waals surface area (Å²) >= 11 is 0. The second kappa shape index (κ2) is 6.72. The largest absolute Gasteiger partial charge is 0.341 e. The van der Waals surface area contributed by atoms with Crippen LogP contribution in [-0.4, -0.2) is 49.7 Å². The van der Waals surface area contributed by atoms with Gasteiger partial charge in [-0.25, -0.2) is 8.42 Å². The highest BCUT2D eigenvalue weighted by molar-refractivity contribution is 7.89. The molecule has 2 fully saturated rings. The first kappa shape index (κ1) is 17.0. The average Bonchev–Trinajstić information content (AvgIpc) is 2.86. The number of sulfonamides is 1. The number of carbonyl (C=O) groups is 1. The number of hydrogen-bond acceptors (Lipinski definition) is 3. The fourth-order valence-electron chi connectivity index (χ4n) is 4.13. The first-order valence-corrected chi connectivity index (χ1v) is 10.9. The lowest BCUT2D eigenvalue weighted by Crippen LogP contribution is -2.41. The highest BCUT2D eigenvalue weighted by Crippen LogP contribution is 2.29. The minimum absolute atomic E-state index is 0.180. The molecule has 1 saturated carbocycles.